The number of primary amides is 1. The second-order valence-electron chi connectivity index (χ2n) is 6.45. The van der Waals surface area contributed by atoms with Crippen molar-refractivity contribution in [3.8, 4) is 0 Å². The quantitative estimate of drug-likeness (QED) is 0.584. The summed E-state index contributed by atoms with van der Waals surface area (Å²) in [6, 6.07) is -1.53. The molecule has 1 atom stereocenters. The van der Waals surface area contributed by atoms with Gasteiger partial charge in [0.2, 0.25) is 5.91 Å². The molecule has 7 nitrogen and oxygen atoms in total. The highest BCUT2D eigenvalue weighted by Crippen LogP contribution is 2.34. The highest BCUT2D eigenvalue weighted by atomic mass is 16.4. The normalized spacial score (nSPS) is 19.5. The zero-order valence-electron chi connectivity index (χ0n) is 12.6. The van der Waals surface area contributed by atoms with E-state index in [0.717, 1.165) is 25.7 Å². The summed E-state index contributed by atoms with van der Waals surface area (Å²) in [7, 11) is 0. The van der Waals surface area contributed by atoms with Crippen molar-refractivity contribution < 1.29 is 19.5 Å². The Hall–Kier alpha value is -1.79. The van der Waals surface area contributed by atoms with Crippen LogP contribution >= 0.6 is 0 Å². The van der Waals surface area contributed by atoms with Crippen molar-refractivity contribution in [2.24, 2.45) is 11.1 Å². The third kappa shape index (κ3) is 6.46. The van der Waals surface area contributed by atoms with Crippen LogP contribution in [0.1, 0.15) is 52.4 Å². The van der Waals surface area contributed by atoms with E-state index in [0.29, 0.717) is 5.41 Å². The van der Waals surface area contributed by atoms with E-state index in [1.807, 2.05) is 0 Å². The molecule has 21 heavy (non-hydrogen) atoms. The lowest BCUT2D eigenvalue weighted by atomic mass is 9.76. The molecule has 1 fully saturated rings. The summed E-state index contributed by atoms with van der Waals surface area (Å²) < 4.78 is 0. The predicted molar refractivity (Wildman–Crippen MR) is 77.6 cm³/mol. The Morgan fingerprint density at radius 3 is 2.33 bits per heavy atom. The summed E-state index contributed by atoms with van der Waals surface area (Å²) >= 11 is 0. The summed E-state index contributed by atoms with van der Waals surface area (Å²) in [5.41, 5.74) is 5.29. The van der Waals surface area contributed by atoms with E-state index >= 15 is 0 Å². The van der Waals surface area contributed by atoms with Gasteiger partial charge in [-0.2, -0.15) is 0 Å². The molecule has 1 aliphatic rings. The van der Waals surface area contributed by atoms with E-state index in [4.69, 9.17) is 10.8 Å². The first-order valence-electron chi connectivity index (χ1n) is 7.28. The van der Waals surface area contributed by atoms with Gasteiger partial charge in [0.15, 0.2) is 0 Å². The Morgan fingerprint density at radius 1 is 1.29 bits per heavy atom. The molecule has 0 aromatic heterocycles. The Bertz CT molecular complexity index is 399. The maximum absolute atomic E-state index is 11.8. The van der Waals surface area contributed by atoms with Gasteiger partial charge in [-0.15, -0.1) is 0 Å². The Labute approximate surface area is 124 Å². The first kappa shape index (κ1) is 17.3. The minimum absolute atomic E-state index is 0.00418. The van der Waals surface area contributed by atoms with Crippen molar-refractivity contribution >= 4 is 17.9 Å². The Morgan fingerprint density at radius 2 is 1.86 bits per heavy atom. The van der Waals surface area contributed by atoms with E-state index < -0.39 is 23.9 Å². The first-order valence-corrected chi connectivity index (χ1v) is 7.28. The van der Waals surface area contributed by atoms with Crippen LogP contribution in [0.15, 0.2) is 0 Å². The molecule has 0 heterocycles. The van der Waals surface area contributed by atoms with Gasteiger partial charge in [0.1, 0.15) is 6.04 Å². The fourth-order valence-corrected chi connectivity index (χ4v) is 2.47. The van der Waals surface area contributed by atoms with Crippen LogP contribution in [-0.4, -0.2) is 35.1 Å². The average molecular weight is 299 g/mol. The molecule has 0 radical (unpaired) electrons. The van der Waals surface area contributed by atoms with Gasteiger partial charge in [0.05, 0.1) is 0 Å². The SMILES string of the molecule is CC1(C)CCC(NC(=O)N[C@H](CCC(N)=O)C(=O)O)CC1. The van der Waals surface area contributed by atoms with Gasteiger partial charge in [0, 0.05) is 12.5 Å². The maximum Gasteiger partial charge on any atom is 0.326 e. The van der Waals surface area contributed by atoms with Crippen molar-refractivity contribution in [3.05, 3.63) is 0 Å². The van der Waals surface area contributed by atoms with E-state index in [9.17, 15) is 14.4 Å². The number of amides is 3. The largest absolute Gasteiger partial charge is 0.480 e. The van der Waals surface area contributed by atoms with E-state index in [1.54, 1.807) is 0 Å². The lowest BCUT2D eigenvalue weighted by Crippen LogP contribution is -2.50. The molecule has 1 rings (SSSR count). The van der Waals surface area contributed by atoms with Gasteiger partial charge in [-0.1, -0.05) is 13.8 Å². The number of hydrogen-bond donors (Lipinski definition) is 4. The van der Waals surface area contributed by atoms with Gasteiger partial charge >= 0.3 is 12.0 Å². The molecule has 1 saturated carbocycles. The standard InChI is InChI=1S/C14H25N3O4/c1-14(2)7-5-9(6-8-14)16-13(21)17-10(12(19)20)3-4-11(15)18/h9-10H,3-8H2,1-2H3,(H2,15,18)(H,19,20)(H2,16,17,21)/t10-/m1/s1. The summed E-state index contributed by atoms with van der Waals surface area (Å²) in [5.74, 6) is -1.76. The van der Waals surface area contributed by atoms with Crippen molar-refractivity contribution in [1.29, 1.82) is 0 Å². The molecule has 0 saturated heterocycles. The molecule has 1 aliphatic carbocycles. The van der Waals surface area contributed by atoms with Gasteiger partial charge in [-0.3, -0.25) is 4.79 Å². The van der Waals surface area contributed by atoms with Gasteiger partial charge < -0.3 is 21.5 Å². The van der Waals surface area contributed by atoms with Gasteiger partial charge in [-0.25, -0.2) is 9.59 Å². The first-order chi connectivity index (χ1) is 9.69. The molecule has 0 aliphatic heterocycles. The molecular weight excluding hydrogens is 274 g/mol. The number of nitrogens with one attached hydrogen (secondary N) is 2. The van der Waals surface area contributed by atoms with E-state index in [2.05, 4.69) is 24.5 Å². The number of carboxylic acid groups (broad SMARTS) is 1. The molecule has 0 spiro atoms. The zero-order chi connectivity index (χ0) is 16.0. The molecule has 0 aromatic carbocycles. The number of carboxylic acids is 1. The second kappa shape index (κ2) is 7.28. The molecule has 0 aromatic rings. The lowest BCUT2D eigenvalue weighted by molar-refractivity contribution is -0.139. The number of hydrogen-bond acceptors (Lipinski definition) is 3. The molecule has 3 amide bonds. The summed E-state index contributed by atoms with van der Waals surface area (Å²) in [5, 5.41) is 14.2. The van der Waals surface area contributed by atoms with Crippen molar-refractivity contribution in [2.45, 2.75) is 64.5 Å². The number of aliphatic carboxylic acids is 1. The fraction of sp³-hybridized carbons (Fsp3) is 0.786. The minimum atomic E-state index is -1.17. The molecule has 7 heteroatoms. The molecule has 0 unspecified atom stereocenters. The average Bonchev–Trinajstić information content (AvgIpc) is 2.36. The lowest BCUT2D eigenvalue weighted by Gasteiger charge is -2.34. The number of rotatable bonds is 6. The third-order valence-electron chi connectivity index (χ3n) is 3.96. The van der Waals surface area contributed by atoms with Crippen LogP contribution in [0.2, 0.25) is 0 Å². The van der Waals surface area contributed by atoms with Crippen molar-refractivity contribution in [1.82, 2.24) is 10.6 Å². The Kier molecular flexibility index (Phi) is 5.99. The van der Waals surface area contributed by atoms with Crippen LogP contribution < -0.4 is 16.4 Å². The van der Waals surface area contributed by atoms with Crippen LogP contribution in [-0.2, 0) is 9.59 Å². The van der Waals surface area contributed by atoms with Crippen LogP contribution in [0.5, 0.6) is 0 Å². The number of carbonyl (C=O) groups is 3. The molecular formula is C14H25N3O4. The number of nitrogens with two attached hydrogens (primary N) is 1. The topological polar surface area (TPSA) is 122 Å². The Balaban J connectivity index is 2.40. The highest BCUT2D eigenvalue weighted by molar-refractivity contribution is 5.83. The molecule has 120 valence electrons. The van der Waals surface area contributed by atoms with Crippen LogP contribution in [0.4, 0.5) is 4.79 Å². The third-order valence-corrected chi connectivity index (χ3v) is 3.96. The molecule has 0 bridgehead atoms. The second-order valence-corrected chi connectivity index (χ2v) is 6.45. The van der Waals surface area contributed by atoms with Gasteiger partial charge in [0.25, 0.3) is 0 Å². The van der Waals surface area contributed by atoms with Crippen molar-refractivity contribution in [3.63, 3.8) is 0 Å². The van der Waals surface area contributed by atoms with Crippen molar-refractivity contribution in [2.75, 3.05) is 0 Å². The predicted octanol–water partition coefficient (Wildman–Crippen LogP) is 0.973. The highest BCUT2D eigenvalue weighted by Gasteiger charge is 2.28. The zero-order valence-corrected chi connectivity index (χ0v) is 12.6. The van der Waals surface area contributed by atoms with E-state index in [-0.39, 0.29) is 18.9 Å². The van der Waals surface area contributed by atoms with E-state index in [1.165, 1.54) is 0 Å². The summed E-state index contributed by atoms with van der Waals surface area (Å²) in [6.07, 6.45) is 3.76. The fourth-order valence-electron chi connectivity index (χ4n) is 2.47. The van der Waals surface area contributed by atoms with Gasteiger partial charge in [-0.05, 0) is 37.5 Å². The minimum Gasteiger partial charge on any atom is -0.480 e. The number of carbonyl (C=O) groups excluding carboxylic acids is 2. The van der Waals surface area contributed by atoms with Crippen LogP contribution in [0, 0.1) is 5.41 Å². The monoisotopic (exact) mass is 299 g/mol. The smallest absolute Gasteiger partial charge is 0.326 e. The maximum atomic E-state index is 11.8. The van der Waals surface area contributed by atoms with Crippen LogP contribution in [0.3, 0.4) is 0 Å². The summed E-state index contributed by atoms with van der Waals surface area (Å²) in [6.45, 7) is 4.40. The molecule has 5 N–H and O–H groups in total. The van der Waals surface area contributed by atoms with Crippen LogP contribution in [0.25, 0.3) is 0 Å². The summed E-state index contributed by atoms with van der Waals surface area (Å²) in [4.78, 5) is 33.6. The number of urea groups is 1.